The Labute approximate surface area is 195 Å². The molecular formula is C22H35FN6O2S. The van der Waals surface area contributed by atoms with Gasteiger partial charge in [0.15, 0.2) is 10.8 Å². The van der Waals surface area contributed by atoms with Crippen LogP contribution in [-0.4, -0.2) is 44.4 Å². The van der Waals surface area contributed by atoms with Crippen LogP contribution < -0.4 is 10.1 Å². The summed E-state index contributed by atoms with van der Waals surface area (Å²) in [7, 11) is 0. The number of nitrogens with one attached hydrogen (secondary N) is 1. The van der Waals surface area contributed by atoms with Crippen molar-refractivity contribution >= 4 is 22.4 Å². The Morgan fingerprint density at radius 1 is 1.41 bits per heavy atom. The summed E-state index contributed by atoms with van der Waals surface area (Å²) >= 11 is 1.15. The molecule has 0 radical (unpaired) electrons. The number of rotatable bonds is 5. The van der Waals surface area contributed by atoms with E-state index in [1.165, 1.54) is 25.7 Å². The molecule has 1 aliphatic heterocycles. The van der Waals surface area contributed by atoms with Crippen molar-refractivity contribution in [3.8, 4) is 11.9 Å². The van der Waals surface area contributed by atoms with Gasteiger partial charge >= 0.3 is 0 Å². The van der Waals surface area contributed by atoms with Gasteiger partial charge in [-0.1, -0.05) is 45.5 Å². The molecular weight excluding hydrogens is 431 g/mol. The zero-order chi connectivity index (χ0) is 24.1. The maximum absolute atomic E-state index is 14.0. The Bertz CT molecular complexity index is 875. The van der Waals surface area contributed by atoms with E-state index < -0.39 is 5.95 Å². The molecule has 10 heteroatoms. The van der Waals surface area contributed by atoms with Gasteiger partial charge in [-0.3, -0.25) is 9.69 Å². The normalized spacial score (nSPS) is 17.7. The molecule has 8 nitrogen and oxygen atoms in total. The number of halogens is 1. The van der Waals surface area contributed by atoms with Crippen LogP contribution in [-0.2, 0) is 11.3 Å². The Balaban J connectivity index is 0.00000158. The third-order valence-electron chi connectivity index (χ3n) is 4.28. The van der Waals surface area contributed by atoms with Crippen LogP contribution in [0, 0.1) is 17.3 Å². The molecule has 1 N–H and O–H groups in total. The SMILES string of the molecule is CC.CC(=O)Nc1nc(F)c(CN2CC[C@@H](Oc3cnc(C#N)cn3)C[C@H]2C)s1.CCC.[HH]. The van der Waals surface area contributed by atoms with Crippen LogP contribution in [0.25, 0.3) is 0 Å². The summed E-state index contributed by atoms with van der Waals surface area (Å²) in [6, 6.07) is 2.10. The third kappa shape index (κ3) is 8.85. The summed E-state index contributed by atoms with van der Waals surface area (Å²) in [5.41, 5.74) is 0.246. The van der Waals surface area contributed by atoms with E-state index in [2.05, 4.69) is 45.9 Å². The first-order valence-corrected chi connectivity index (χ1v) is 11.7. The van der Waals surface area contributed by atoms with Crippen LogP contribution in [0.5, 0.6) is 5.88 Å². The van der Waals surface area contributed by atoms with E-state index in [0.29, 0.717) is 17.3 Å². The predicted molar refractivity (Wildman–Crippen MR) is 126 cm³/mol. The lowest BCUT2D eigenvalue weighted by Crippen LogP contribution is -2.43. The minimum Gasteiger partial charge on any atom is -0.473 e. The van der Waals surface area contributed by atoms with E-state index in [1.807, 2.05) is 19.9 Å². The number of hydrogen-bond donors (Lipinski definition) is 1. The third-order valence-corrected chi connectivity index (χ3v) is 5.21. The molecule has 178 valence electrons. The summed E-state index contributed by atoms with van der Waals surface area (Å²) in [6.07, 6.45) is 5.60. The van der Waals surface area contributed by atoms with Gasteiger partial charge in [0.25, 0.3) is 0 Å². The van der Waals surface area contributed by atoms with Crippen molar-refractivity contribution in [3.63, 3.8) is 0 Å². The fraction of sp³-hybridized carbons (Fsp3) is 0.591. The fourth-order valence-electron chi connectivity index (χ4n) is 2.94. The number of nitriles is 1. The molecule has 2 aromatic heterocycles. The Kier molecular flexibility index (Phi) is 12.4. The van der Waals surface area contributed by atoms with Gasteiger partial charge in [0.2, 0.25) is 17.7 Å². The number of amides is 1. The highest BCUT2D eigenvalue weighted by atomic mass is 32.1. The maximum Gasteiger partial charge on any atom is 0.232 e. The fourth-order valence-corrected chi connectivity index (χ4v) is 3.86. The second-order valence-electron chi connectivity index (χ2n) is 7.06. The van der Waals surface area contributed by atoms with Gasteiger partial charge < -0.3 is 10.1 Å². The lowest BCUT2D eigenvalue weighted by Gasteiger charge is -2.37. The first kappa shape index (κ1) is 27.4. The first-order valence-electron chi connectivity index (χ1n) is 10.9. The minimum absolute atomic E-state index is 0. The molecule has 1 saturated heterocycles. The molecule has 3 heterocycles. The van der Waals surface area contributed by atoms with E-state index >= 15 is 0 Å². The number of carbonyl (C=O) groups is 1. The summed E-state index contributed by atoms with van der Waals surface area (Å²) < 4.78 is 19.9. The van der Waals surface area contributed by atoms with E-state index in [1.54, 1.807) is 0 Å². The standard InChI is InChI=1S/C17H19FN6O2S.C3H8.C2H6.H2/c1-10-5-13(26-15-8-20-12(6-19)7-21-15)3-4-24(10)9-14-16(18)23-17(27-14)22-11(2)25;1-3-2;1-2;/h7-8,10,13H,3-5,9H2,1-2H3,(H,22,23,25);3H2,1-2H3;1-2H3;1H/t10-,13-;;;/m1.../s1. The zero-order valence-corrected chi connectivity index (χ0v) is 20.5. The Morgan fingerprint density at radius 3 is 2.62 bits per heavy atom. The smallest absolute Gasteiger partial charge is 0.232 e. The van der Waals surface area contributed by atoms with Crippen molar-refractivity contribution in [3.05, 3.63) is 28.9 Å². The molecule has 1 aliphatic rings. The number of ether oxygens (including phenoxy) is 1. The molecule has 0 aliphatic carbocycles. The largest absolute Gasteiger partial charge is 0.473 e. The zero-order valence-electron chi connectivity index (χ0n) is 19.7. The van der Waals surface area contributed by atoms with E-state index in [-0.39, 0.29) is 30.3 Å². The number of nitrogens with zero attached hydrogens (tertiary/aromatic N) is 5. The summed E-state index contributed by atoms with van der Waals surface area (Å²) in [5, 5.41) is 11.5. The quantitative estimate of drug-likeness (QED) is 0.659. The second-order valence-corrected chi connectivity index (χ2v) is 8.14. The highest BCUT2D eigenvalue weighted by Gasteiger charge is 2.28. The van der Waals surface area contributed by atoms with Crippen LogP contribution in [0.3, 0.4) is 0 Å². The summed E-state index contributed by atoms with van der Waals surface area (Å²) in [6.45, 7) is 12.9. The molecule has 2 atom stereocenters. The van der Waals surface area contributed by atoms with Gasteiger partial charge in [-0.15, -0.1) is 0 Å². The number of aromatic nitrogens is 3. The van der Waals surface area contributed by atoms with Gasteiger partial charge in [0.1, 0.15) is 12.2 Å². The average molecular weight is 467 g/mol. The van der Waals surface area contributed by atoms with Crippen LogP contribution in [0.1, 0.15) is 72.8 Å². The summed E-state index contributed by atoms with van der Waals surface area (Å²) in [5.74, 6) is -0.414. The minimum atomic E-state index is -0.540. The molecule has 0 bridgehead atoms. The lowest BCUT2D eigenvalue weighted by atomic mass is 10.0. The van der Waals surface area contributed by atoms with Crippen LogP contribution in [0.15, 0.2) is 12.4 Å². The molecule has 2 aromatic rings. The van der Waals surface area contributed by atoms with Gasteiger partial charge in [0.05, 0.1) is 17.3 Å². The number of anilines is 1. The number of carbonyl (C=O) groups excluding carboxylic acids is 1. The summed E-state index contributed by atoms with van der Waals surface area (Å²) in [4.78, 5) is 25.5. The van der Waals surface area contributed by atoms with Crippen molar-refractivity contribution in [2.45, 2.75) is 79.5 Å². The number of likely N-dealkylation sites (tertiary alicyclic amines) is 1. The molecule has 0 saturated carbocycles. The van der Waals surface area contributed by atoms with Crippen molar-refractivity contribution in [2.24, 2.45) is 0 Å². The average Bonchev–Trinajstić information content (AvgIpc) is 3.10. The second kappa shape index (κ2) is 14.4. The molecule has 32 heavy (non-hydrogen) atoms. The van der Waals surface area contributed by atoms with Crippen molar-refractivity contribution in [1.29, 1.82) is 5.26 Å². The van der Waals surface area contributed by atoms with Gasteiger partial charge in [-0.05, 0) is 19.8 Å². The molecule has 1 fully saturated rings. The van der Waals surface area contributed by atoms with Gasteiger partial charge in [0, 0.05) is 27.5 Å². The monoisotopic (exact) mass is 466 g/mol. The highest BCUT2D eigenvalue weighted by molar-refractivity contribution is 7.15. The van der Waals surface area contributed by atoms with Crippen LogP contribution in [0.2, 0.25) is 0 Å². The highest BCUT2D eigenvalue weighted by Crippen LogP contribution is 2.27. The van der Waals surface area contributed by atoms with Gasteiger partial charge in [-0.25, -0.2) is 9.97 Å². The molecule has 0 spiro atoms. The maximum atomic E-state index is 14.0. The topological polar surface area (TPSA) is 104 Å². The van der Waals surface area contributed by atoms with Gasteiger partial charge in [-0.2, -0.15) is 14.6 Å². The molecule has 0 unspecified atom stereocenters. The van der Waals surface area contributed by atoms with Crippen LogP contribution >= 0.6 is 11.3 Å². The number of thiazole rings is 1. The Morgan fingerprint density at radius 2 is 2.09 bits per heavy atom. The molecule has 0 aromatic carbocycles. The predicted octanol–water partition coefficient (Wildman–Crippen LogP) is 5.02. The first-order chi connectivity index (χ1) is 15.4. The van der Waals surface area contributed by atoms with E-state index in [0.717, 1.165) is 30.7 Å². The van der Waals surface area contributed by atoms with E-state index in [9.17, 15) is 9.18 Å². The lowest BCUT2D eigenvalue weighted by molar-refractivity contribution is -0.114. The number of piperidine rings is 1. The van der Waals surface area contributed by atoms with Crippen molar-refractivity contribution in [1.82, 2.24) is 19.9 Å². The van der Waals surface area contributed by atoms with Crippen LogP contribution in [0.4, 0.5) is 9.52 Å². The number of hydrogen-bond acceptors (Lipinski definition) is 8. The van der Waals surface area contributed by atoms with Crippen molar-refractivity contribution < 1.29 is 15.3 Å². The van der Waals surface area contributed by atoms with Crippen molar-refractivity contribution in [2.75, 3.05) is 11.9 Å². The molecule has 3 rings (SSSR count). The van der Waals surface area contributed by atoms with E-state index in [4.69, 9.17) is 10.00 Å². The Hall–Kier alpha value is -2.64. The molecule has 1 amide bonds.